The predicted molar refractivity (Wildman–Crippen MR) is 192 cm³/mol. The smallest absolute Gasteiger partial charge is 0.347 e. The second-order valence-electron chi connectivity index (χ2n) is 14.5. The van der Waals surface area contributed by atoms with Crippen LogP contribution in [-0.2, 0) is 34.0 Å². The van der Waals surface area contributed by atoms with Gasteiger partial charge in [0.05, 0.1) is 9.79 Å². The molecule has 7 nitrogen and oxygen atoms in total. The van der Waals surface area contributed by atoms with E-state index in [2.05, 4.69) is 8.37 Å². The van der Waals surface area contributed by atoms with Gasteiger partial charge in [-0.2, -0.15) is 69.5 Å². The number of para-hydroxylation sites is 1. The molecule has 2 aliphatic rings. The van der Waals surface area contributed by atoms with E-state index in [-0.39, 0.29) is 27.8 Å². The van der Waals surface area contributed by atoms with E-state index in [1.807, 2.05) is 36.9 Å². The van der Waals surface area contributed by atoms with E-state index >= 15 is 0 Å². The Bertz CT molecular complexity index is 2460. The molecule has 0 saturated heterocycles. The van der Waals surface area contributed by atoms with Crippen LogP contribution in [0.4, 0.5) is 75.9 Å². The van der Waals surface area contributed by atoms with Gasteiger partial charge in [0.1, 0.15) is 13.2 Å². The normalized spacial score (nSPS) is 17.0. The molecule has 3 aromatic rings. The first-order valence-corrected chi connectivity index (χ1v) is 20.3. The highest BCUT2D eigenvalue weighted by atomic mass is 32.2. The zero-order valence-corrected chi connectivity index (χ0v) is 33.5. The van der Waals surface area contributed by atoms with Crippen LogP contribution in [-0.4, -0.2) is 85.5 Å². The zero-order chi connectivity index (χ0) is 47.7. The molecule has 0 spiro atoms. The van der Waals surface area contributed by atoms with E-state index in [4.69, 9.17) is 0 Å². The Morgan fingerprint density at radius 3 is 1.40 bits per heavy atom. The molecule has 0 amide bonds. The van der Waals surface area contributed by atoms with E-state index in [0.29, 0.717) is 24.3 Å². The average molecular weight is 964 g/mol. The second kappa shape index (κ2) is 16.1. The minimum absolute atomic E-state index is 0.0206. The Hall–Kier alpha value is -4.62. The maximum atomic E-state index is 14.2. The molecular weight excluding hydrogens is 935 g/mol. The molecular formula is C38H29F16NO6S2. The first kappa shape index (κ1) is 49.4. The summed E-state index contributed by atoms with van der Waals surface area (Å²) in [6.45, 7) is -2.34. The molecule has 25 heteroatoms. The van der Waals surface area contributed by atoms with Crippen LogP contribution in [0.2, 0.25) is 0 Å². The largest absolute Gasteiger partial charge is 0.380 e. The average Bonchev–Trinajstić information content (AvgIpc) is 3.60. The molecule has 0 N–H and O–H groups in total. The van der Waals surface area contributed by atoms with Crippen molar-refractivity contribution in [2.24, 2.45) is 0 Å². The third-order valence-electron chi connectivity index (χ3n) is 10.1. The molecule has 3 aromatic carbocycles. The van der Waals surface area contributed by atoms with Gasteiger partial charge < -0.3 is 4.90 Å². The number of rotatable bonds is 16. The van der Waals surface area contributed by atoms with Gasteiger partial charge in [-0.15, -0.1) is 0 Å². The highest BCUT2D eigenvalue weighted by Crippen LogP contribution is 2.52. The van der Waals surface area contributed by atoms with Crippen LogP contribution in [0.25, 0.3) is 16.7 Å². The summed E-state index contributed by atoms with van der Waals surface area (Å²) >= 11 is 0. The molecule has 0 aromatic heterocycles. The van der Waals surface area contributed by atoms with Crippen LogP contribution in [0.5, 0.6) is 0 Å². The number of allylic oxidation sites excluding steroid dienone is 5. The first-order valence-electron chi connectivity index (χ1n) is 17.4. The second-order valence-corrected chi connectivity index (χ2v) is 17.7. The van der Waals surface area contributed by atoms with Crippen LogP contribution < -0.4 is 4.90 Å². The number of halogens is 16. The molecule has 0 bridgehead atoms. The minimum atomic E-state index is -6.83. The Morgan fingerprint density at radius 1 is 0.603 bits per heavy atom. The van der Waals surface area contributed by atoms with Crippen molar-refractivity contribution >= 4 is 31.5 Å². The maximum absolute atomic E-state index is 14.2. The number of hydrogen-bond acceptors (Lipinski definition) is 7. The highest BCUT2D eigenvalue weighted by molar-refractivity contribution is 7.87. The summed E-state index contributed by atoms with van der Waals surface area (Å²) < 4.78 is 276. The number of fused-ring (bicyclic) bond motifs is 4. The Morgan fingerprint density at radius 2 is 1.00 bits per heavy atom. The van der Waals surface area contributed by atoms with Crippen molar-refractivity contribution in [2.45, 2.75) is 77.4 Å². The van der Waals surface area contributed by atoms with Gasteiger partial charge in [0, 0.05) is 23.8 Å². The lowest BCUT2D eigenvalue weighted by atomic mass is 9.84. The summed E-state index contributed by atoms with van der Waals surface area (Å²) in [5.41, 5.74) is 1.18. The molecule has 1 aliphatic heterocycles. The number of anilines is 1. The first-order chi connectivity index (χ1) is 28.6. The molecule has 1 aliphatic carbocycles. The van der Waals surface area contributed by atoms with Crippen molar-refractivity contribution in [3.8, 4) is 11.1 Å². The van der Waals surface area contributed by atoms with E-state index in [0.717, 1.165) is 29.1 Å². The lowest BCUT2D eigenvalue weighted by Gasteiger charge is -2.31. The van der Waals surface area contributed by atoms with Gasteiger partial charge in [-0.3, -0.25) is 8.37 Å². The molecule has 0 atom stereocenters. The van der Waals surface area contributed by atoms with Gasteiger partial charge in [-0.25, -0.2) is 17.6 Å². The van der Waals surface area contributed by atoms with Crippen LogP contribution in [0.15, 0.2) is 100 Å². The molecule has 346 valence electrons. The third-order valence-corrected chi connectivity index (χ3v) is 12.6. The van der Waals surface area contributed by atoms with Crippen molar-refractivity contribution in [2.75, 3.05) is 25.2 Å². The molecule has 5 rings (SSSR count). The summed E-state index contributed by atoms with van der Waals surface area (Å²) in [5, 5.41) is 0. The lowest BCUT2D eigenvalue weighted by molar-refractivity contribution is -0.342. The summed E-state index contributed by atoms with van der Waals surface area (Å²) in [7, 11) is -9.58. The minimum Gasteiger partial charge on any atom is -0.347 e. The van der Waals surface area contributed by atoms with Crippen molar-refractivity contribution in [1.29, 1.82) is 0 Å². The fourth-order valence-corrected chi connectivity index (χ4v) is 8.45. The molecule has 0 fully saturated rings. The van der Waals surface area contributed by atoms with Gasteiger partial charge in [0.2, 0.25) is 0 Å². The standard InChI is InChI=1S/C38H29F16NO6S2/c1-32(2)27-9-5-6-10-28(27)55(3)29(32)11-7-4-8-22-25-16-20(62(56,57)60-18-33(43,44)37(51,52)35(47,48)30(39)40)12-14-23(25)24-15-13-21(17-26(22)24)63(58,59)61-19-34(45,46)38(53,54)36(49,50)31(41)42/h4-17,30-31H,18-19H2,1-3H3/b7-4+,29-11+. The summed E-state index contributed by atoms with van der Waals surface area (Å²) in [6, 6.07) is 11.7. The van der Waals surface area contributed by atoms with Crippen molar-refractivity contribution in [3.63, 3.8) is 0 Å². The zero-order valence-electron chi connectivity index (χ0n) is 31.9. The van der Waals surface area contributed by atoms with Crippen LogP contribution in [0.3, 0.4) is 0 Å². The van der Waals surface area contributed by atoms with Crippen LogP contribution in [0, 0.1) is 0 Å². The summed E-state index contributed by atoms with van der Waals surface area (Å²) in [6.07, 6.45) is -5.05. The van der Waals surface area contributed by atoms with E-state index < -0.39 is 97.0 Å². The Kier molecular flexibility index (Phi) is 12.6. The van der Waals surface area contributed by atoms with E-state index in [1.54, 1.807) is 19.2 Å². The van der Waals surface area contributed by atoms with Crippen molar-refractivity contribution in [3.05, 3.63) is 107 Å². The number of hydrogen-bond donors (Lipinski definition) is 0. The van der Waals surface area contributed by atoms with Crippen LogP contribution in [0.1, 0.15) is 30.5 Å². The fourth-order valence-electron chi connectivity index (χ4n) is 6.58. The number of nitrogens with zero attached hydrogens (tertiary/aromatic N) is 1. The van der Waals surface area contributed by atoms with E-state index in [9.17, 15) is 87.1 Å². The number of alkyl halides is 16. The van der Waals surface area contributed by atoms with Crippen molar-refractivity contribution in [1.82, 2.24) is 0 Å². The quantitative estimate of drug-likeness (QED) is 0.0816. The maximum Gasteiger partial charge on any atom is 0.380 e. The number of likely N-dealkylation sites (N-methyl/N-ethyl adjacent to an activating group) is 1. The summed E-state index contributed by atoms with van der Waals surface area (Å²) in [4.78, 5) is -0.431. The monoisotopic (exact) mass is 963 g/mol. The topological polar surface area (TPSA) is 90.0 Å². The lowest BCUT2D eigenvalue weighted by Crippen LogP contribution is -2.59. The van der Waals surface area contributed by atoms with Gasteiger partial charge in [0.25, 0.3) is 20.2 Å². The van der Waals surface area contributed by atoms with Gasteiger partial charge in [0.15, 0.2) is 0 Å². The predicted octanol–water partition coefficient (Wildman–Crippen LogP) is 10.7. The van der Waals surface area contributed by atoms with Gasteiger partial charge in [-0.1, -0.05) is 62.4 Å². The molecule has 0 saturated carbocycles. The Balaban J connectivity index is 1.55. The molecule has 0 radical (unpaired) electrons. The van der Waals surface area contributed by atoms with Gasteiger partial charge >= 0.3 is 48.4 Å². The number of benzene rings is 3. The molecule has 1 heterocycles. The third kappa shape index (κ3) is 8.33. The fraction of sp³-hybridized carbons (Fsp3) is 0.368. The highest BCUT2D eigenvalue weighted by Gasteiger charge is 2.76. The van der Waals surface area contributed by atoms with Crippen molar-refractivity contribution < 1.29 is 95.4 Å². The summed E-state index contributed by atoms with van der Waals surface area (Å²) in [5.74, 6) is -39.4. The van der Waals surface area contributed by atoms with Crippen LogP contribution >= 0.6 is 0 Å². The van der Waals surface area contributed by atoms with E-state index in [1.165, 1.54) is 18.2 Å². The Labute approximate surface area is 347 Å². The van der Waals surface area contributed by atoms with Gasteiger partial charge in [-0.05, 0) is 69.8 Å². The molecule has 63 heavy (non-hydrogen) atoms. The molecule has 0 unspecified atom stereocenters. The SMILES string of the molecule is CN1/C(=C/C=C/C=C2c3cc(S(=O)(=O)OCC(F)(F)C(F)(F)C(F)(F)C(F)F)ccc3-c3ccc(S(=O)(=O)OCC(F)(F)C(F)(F)C(F)(F)C(F)F)cc32)C(C)(C)c2ccccc21.